The average Bonchev–Trinajstić information content (AvgIpc) is 3.38. The molecule has 1 aliphatic carbocycles. The summed E-state index contributed by atoms with van der Waals surface area (Å²) in [7, 11) is 0. The fraction of sp³-hybridized carbons (Fsp3) is 0.222. The Balaban J connectivity index is 1.85. The summed E-state index contributed by atoms with van der Waals surface area (Å²) in [6.07, 6.45) is 2.30. The van der Waals surface area contributed by atoms with E-state index >= 15 is 0 Å². The van der Waals surface area contributed by atoms with Crippen molar-refractivity contribution in [2.24, 2.45) is 5.92 Å². The molecule has 0 atom stereocenters. The SMILES string of the molecule is C=C(NOCC1CC1)c1ccc(F)c(F)c1Nc1ccc(I)cc1Cl. The van der Waals surface area contributed by atoms with E-state index in [0.29, 0.717) is 34.5 Å². The average molecular weight is 477 g/mol. The summed E-state index contributed by atoms with van der Waals surface area (Å²) in [6.45, 7) is 4.42. The highest BCUT2D eigenvalue weighted by molar-refractivity contribution is 14.1. The standard InChI is InChI=1S/C18H16ClF2IN2O/c1-10(24-25-9-11-2-3-11)13-5-6-15(20)17(21)18(13)23-16-7-4-12(22)8-14(16)19/h4-8,11,23-24H,1-3,9H2. The second kappa shape index (κ2) is 7.88. The molecule has 7 heteroatoms. The number of rotatable bonds is 7. The van der Waals surface area contributed by atoms with Crippen molar-refractivity contribution < 1.29 is 13.6 Å². The quantitative estimate of drug-likeness (QED) is 0.387. The van der Waals surface area contributed by atoms with Crippen LogP contribution >= 0.6 is 34.2 Å². The van der Waals surface area contributed by atoms with Gasteiger partial charge in [-0.15, -0.1) is 0 Å². The van der Waals surface area contributed by atoms with Gasteiger partial charge in [-0.3, -0.25) is 10.3 Å². The summed E-state index contributed by atoms with van der Waals surface area (Å²) in [5.74, 6) is -1.40. The van der Waals surface area contributed by atoms with Crippen LogP contribution in [0, 0.1) is 21.1 Å². The summed E-state index contributed by atoms with van der Waals surface area (Å²) in [5.41, 5.74) is 3.84. The first-order chi connectivity index (χ1) is 12.0. The Bertz CT molecular complexity index is 812. The van der Waals surface area contributed by atoms with E-state index in [-0.39, 0.29) is 5.69 Å². The van der Waals surface area contributed by atoms with Gasteiger partial charge >= 0.3 is 0 Å². The number of halogens is 4. The van der Waals surface area contributed by atoms with Crippen LogP contribution in [0.3, 0.4) is 0 Å². The molecule has 25 heavy (non-hydrogen) atoms. The van der Waals surface area contributed by atoms with Gasteiger partial charge in [0.2, 0.25) is 0 Å². The molecule has 3 nitrogen and oxygen atoms in total. The maximum atomic E-state index is 14.4. The Morgan fingerprint density at radius 3 is 2.72 bits per heavy atom. The van der Waals surface area contributed by atoms with E-state index in [2.05, 4.69) is 40.0 Å². The highest BCUT2D eigenvalue weighted by Gasteiger charge is 2.22. The predicted molar refractivity (Wildman–Crippen MR) is 105 cm³/mol. The third-order valence-corrected chi connectivity index (χ3v) is 4.81. The molecular formula is C18H16ClF2IN2O. The molecule has 2 aromatic rings. The van der Waals surface area contributed by atoms with Gasteiger partial charge in [-0.25, -0.2) is 8.78 Å². The first-order valence-corrected chi connectivity index (χ1v) is 9.18. The number of anilines is 2. The van der Waals surface area contributed by atoms with Crippen LogP contribution in [0.25, 0.3) is 5.70 Å². The Morgan fingerprint density at radius 1 is 1.28 bits per heavy atom. The lowest BCUT2D eigenvalue weighted by molar-refractivity contribution is 0.0701. The first kappa shape index (κ1) is 18.4. The van der Waals surface area contributed by atoms with E-state index in [9.17, 15) is 8.78 Å². The first-order valence-electron chi connectivity index (χ1n) is 7.73. The minimum Gasteiger partial charge on any atom is -0.351 e. The van der Waals surface area contributed by atoms with Gasteiger partial charge in [0.05, 0.1) is 28.7 Å². The van der Waals surface area contributed by atoms with E-state index in [4.69, 9.17) is 16.4 Å². The molecule has 1 saturated carbocycles. The lowest BCUT2D eigenvalue weighted by Crippen LogP contribution is -2.15. The maximum absolute atomic E-state index is 14.4. The van der Waals surface area contributed by atoms with Crippen LogP contribution in [0.4, 0.5) is 20.2 Å². The molecule has 0 aromatic heterocycles. The molecule has 1 fully saturated rings. The third-order valence-electron chi connectivity index (χ3n) is 3.82. The van der Waals surface area contributed by atoms with Gasteiger partial charge in [0, 0.05) is 9.13 Å². The number of hydroxylamine groups is 1. The Labute approximate surface area is 163 Å². The van der Waals surface area contributed by atoms with Crippen LogP contribution in [-0.4, -0.2) is 6.61 Å². The molecule has 0 spiro atoms. The Hall–Kier alpha value is -1.38. The molecule has 1 aliphatic rings. The zero-order valence-corrected chi connectivity index (χ0v) is 16.1. The summed E-state index contributed by atoms with van der Waals surface area (Å²) in [4.78, 5) is 5.37. The second-order valence-corrected chi connectivity index (χ2v) is 7.52. The molecule has 2 aromatic carbocycles. The summed E-state index contributed by atoms with van der Waals surface area (Å²) in [5, 5.41) is 3.27. The van der Waals surface area contributed by atoms with Gasteiger partial charge in [0.1, 0.15) is 0 Å². The molecule has 132 valence electrons. The molecule has 3 rings (SSSR count). The van der Waals surface area contributed by atoms with E-state index in [1.165, 1.54) is 6.07 Å². The van der Waals surface area contributed by atoms with Crippen LogP contribution in [0.2, 0.25) is 5.02 Å². The van der Waals surface area contributed by atoms with Crippen molar-refractivity contribution >= 4 is 51.3 Å². The molecule has 0 amide bonds. The van der Waals surface area contributed by atoms with Crippen molar-refractivity contribution in [1.82, 2.24) is 5.48 Å². The van der Waals surface area contributed by atoms with E-state index in [0.717, 1.165) is 22.5 Å². The molecular weight excluding hydrogens is 461 g/mol. The van der Waals surface area contributed by atoms with Crippen molar-refractivity contribution in [3.05, 3.63) is 62.7 Å². The van der Waals surface area contributed by atoms with Crippen LogP contribution in [-0.2, 0) is 4.84 Å². The highest BCUT2D eigenvalue weighted by atomic mass is 127. The topological polar surface area (TPSA) is 33.3 Å². The van der Waals surface area contributed by atoms with E-state index in [1.807, 2.05) is 6.07 Å². The smallest absolute Gasteiger partial charge is 0.182 e. The molecule has 0 heterocycles. The number of hydrogen-bond acceptors (Lipinski definition) is 3. The maximum Gasteiger partial charge on any atom is 0.182 e. The fourth-order valence-corrected chi connectivity index (χ4v) is 3.14. The van der Waals surface area contributed by atoms with Crippen LogP contribution in [0.15, 0.2) is 36.9 Å². The van der Waals surface area contributed by atoms with Gasteiger partial charge < -0.3 is 5.32 Å². The molecule has 0 aliphatic heterocycles. The molecule has 0 saturated heterocycles. The summed E-state index contributed by atoms with van der Waals surface area (Å²) < 4.78 is 29.1. The van der Waals surface area contributed by atoms with Crippen molar-refractivity contribution in [2.45, 2.75) is 12.8 Å². The summed E-state index contributed by atoms with van der Waals surface area (Å²) in [6, 6.07) is 7.75. The lowest BCUT2D eigenvalue weighted by Gasteiger charge is -2.17. The lowest BCUT2D eigenvalue weighted by atomic mass is 10.1. The Morgan fingerprint density at radius 2 is 2.04 bits per heavy atom. The normalized spacial score (nSPS) is 13.6. The van der Waals surface area contributed by atoms with Crippen molar-refractivity contribution in [3.8, 4) is 0 Å². The molecule has 0 bridgehead atoms. The predicted octanol–water partition coefficient (Wildman–Crippen LogP) is 5.87. The minimum absolute atomic E-state index is 0.0457. The minimum atomic E-state index is -1.00. The van der Waals surface area contributed by atoms with E-state index < -0.39 is 11.6 Å². The van der Waals surface area contributed by atoms with Gasteiger partial charge in [-0.1, -0.05) is 18.2 Å². The number of nitrogens with one attached hydrogen (secondary N) is 2. The van der Waals surface area contributed by atoms with Crippen molar-refractivity contribution in [1.29, 1.82) is 0 Å². The zero-order chi connectivity index (χ0) is 18.0. The van der Waals surface area contributed by atoms with E-state index in [1.54, 1.807) is 12.1 Å². The van der Waals surface area contributed by atoms with Gasteiger partial charge in [0.25, 0.3) is 0 Å². The summed E-state index contributed by atoms with van der Waals surface area (Å²) >= 11 is 8.30. The fourth-order valence-electron chi connectivity index (χ4n) is 2.24. The van der Waals surface area contributed by atoms with Crippen LogP contribution < -0.4 is 10.8 Å². The van der Waals surface area contributed by atoms with Gasteiger partial charge in [0.15, 0.2) is 11.6 Å². The van der Waals surface area contributed by atoms with Crippen molar-refractivity contribution in [2.75, 3.05) is 11.9 Å². The molecule has 2 N–H and O–H groups in total. The van der Waals surface area contributed by atoms with Crippen LogP contribution in [0.5, 0.6) is 0 Å². The largest absolute Gasteiger partial charge is 0.351 e. The van der Waals surface area contributed by atoms with Crippen LogP contribution in [0.1, 0.15) is 18.4 Å². The zero-order valence-electron chi connectivity index (χ0n) is 13.2. The monoisotopic (exact) mass is 476 g/mol. The van der Waals surface area contributed by atoms with Gasteiger partial charge in [-0.2, -0.15) is 0 Å². The Kier molecular flexibility index (Phi) is 5.81. The number of hydrogen-bond donors (Lipinski definition) is 2. The third kappa shape index (κ3) is 4.62. The highest BCUT2D eigenvalue weighted by Crippen LogP contribution is 2.33. The van der Waals surface area contributed by atoms with Crippen molar-refractivity contribution in [3.63, 3.8) is 0 Å². The second-order valence-electron chi connectivity index (χ2n) is 5.87. The molecule has 0 radical (unpaired) electrons. The van der Waals surface area contributed by atoms with Gasteiger partial charge in [-0.05, 0) is 71.7 Å². The molecule has 0 unspecified atom stereocenters. The number of benzene rings is 2.